The average molecular weight is 258 g/mol. The van der Waals surface area contributed by atoms with Crippen molar-refractivity contribution in [1.82, 2.24) is 0 Å². The summed E-state index contributed by atoms with van der Waals surface area (Å²) in [6.07, 6.45) is 1.60. The Labute approximate surface area is 102 Å². The van der Waals surface area contributed by atoms with Gasteiger partial charge in [0.05, 0.1) is 13.0 Å². The van der Waals surface area contributed by atoms with Gasteiger partial charge in [-0.15, -0.1) is 0 Å². The summed E-state index contributed by atoms with van der Waals surface area (Å²) in [6, 6.07) is 3.94. The van der Waals surface area contributed by atoms with Gasteiger partial charge in [-0.25, -0.2) is 0 Å². The number of rotatable bonds is 5. The van der Waals surface area contributed by atoms with Crippen molar-refractivity contribution < 1.29 is 27.8 Å². The molecule has 0 aliphatic heterocycles. The zero-order valence-corrected chi connectivity index (χ0v) is 9.69. The second kappa shape index (κ2) is 5.20. The number of carbonyl (C=O) groups excluding carboxylic acids is 1. The number of ether oxygens (including phenoxy) is 3. The van der Waals surface area contributed by atoms with Crippen molar-refractivity contribution in [3.8, 4) is 17.2 Å². The lowest BCUT2D eigenvalue weighted by atomic mass is 10.3. The third-order valence-corrected chi connectivity index (χ3v) is 2.48. The van der Waals surface area contributed by atoms with Crippen LogP contribution in [0.3, 0.4) is 0 Å². The molecule has 6 heteroatoms. The molecular weight excluding hydrogens is 246 g/mol. The normalized spacial score (nSPS) is 14.4. The molecule has 1 saturated carbocycles. The Balaban J connectivity index is 2.15. The molecule has 0 aromatic heterocycles. The van der Waals surface area contributed by atoms with Crippen LogP contribution in [0.4, 0.5) is 8.78 Å². The van der Waals surface area contributed by atoms with E-state index in [4.69, 9.17) is 9.47 Å². The molecule has 0 spiro atoms. The number of methoxy groups -OCH3 is 1. The summed E-state index contributed by atoms with van der Waals surface area (Å²) in [7, 11) is 1.40. The van der Waals surface area contributed by atoms with Crippen LogP contribution in [0.1, 0.15) is 12.8 Å². The molecule has 0 N–H and O–H groups in total. The molecule has 1 aliphatic carbocycles. The average Bonchev–Trinajstić information content (AvgIpc) is 3.12. The van der Waals surface area contributed by atoms with Crippen LogP contribution < -0.4 is 14.2 Å². The Bertz CT molecular complexity index is 444. The van der Waals surface area contributed by atoms with Gasteiger partial charge in [0.2, 0.25) is 0 Å². The Kier molecular flexibility index (Phi) is 3.64. The molecule has 0 atom stereocenters. The molecule has 1 aromatic rings. The molecule has 98 valence electrons. The SMILES string of the molecule is COc1ccc(OC(F)F)cc1OC(=O)C1CC1. The molecule has 1 aliphatic rings. The number of esters is 1. The first-order valence-corrected chi connectivity index (χ1v) is 5.44. The van der Waals surface area contributed by atoms with Gasteiger partial charge in [0.15, 0.2) is 11.5 Å². The maximum Gasteiger partial charge on any atom is 0.387 e. The summed E-state index contributed by atoms with van der Waals surface area (Å²) >= 11 is 0. The molecule has 0 saturated heterocycles. The van der Waals surface area contributed by atoms with Crippen molar-refractivity contribution in [1.29, 1.82) is 0 Å². The van der Waals surface area contributed by atoms with Crippen LogP contribution in [-0.4, -0.2) is 19.7 Å². The number of carbonyl (C=O) groups is 1. The summed E-state index contributed by atoms with van der Waals surface area (Å²) in [6.45, 7) is -2.93. The number of benzene rings is 1. The minimum atomic E-state index is -2.93. The van der Waals surface area contributed by atoms with Crippen LogP contribution in [-0.2, 0) is 4.79 Å². The first-order valence-electron chi connectivity index (χ1n) is 5.44. The minimum absolute atomic E-state index is 0.0793. The maximum absolute atomic E-state index is 12.1. The van der Waals surface area contributed by atoms with Gasteiger partial charge in [-0.2, -0.15) is 8.78 Å². The van der Waals surface area contributed by atoms with E-state index in [0.717, 1.165) is 12.8 Å². The summed E-state index contributed by atoms with van der Waals surface area (Å²) in [5, 5.41) is 0. The molecule has 0 unspecified atom stereocenters. The number of alkyl halides is 2. The highest BCUT2D eigenvalue weighted by Crippen LogP contribution is 2.35. The van der Waals surface area contributed by atoms with E-state index in [0.29, 0.717) is 5.75 Å². The Morgan fingerprint density at radius 1 is 1.33 bits per heavy atom. The molecule has 4 nitrogen and oxygen atoms in total. The first-order chi connectivity index (χ1) is 8.60. The van der Waals surface area contributed by atoms with E-state index in [9.17, 15) is 13.6 Å². The van der Waals surface area contributed by atoms with Crippen molar-refractivity contribution in [2.75, 3.05) is 7.11 Å². The summed E-state index contributed by atoms with van der Waals surface area (Å²) in [4.78, 5) is 11.5. The van der Waals surface area contributed by atoms with E-state index in [1.54, 1.807) is 0 Å². The third kappa shape index (κ3) is 3.09. The lowest BCUT2D eigenvalue weighted by molar-refractivity contribution is -0.135. The summed E-state index contributed by atoms with van der Waals surface area (Å²) in [5.41, 5.74) is 0. The molecule has 0 radical (unpaired) electrons. The molecule has 0 heterocycles. The molecule has 0 bridgehead atoms. The van der Waals surface area contributed by atoms with E-state index in [-0.39, 0.29) is 23.4 Å². The second-order valence-corrected chi connectivity index (χ2v) is 3.89. The Hall–Kier alpha value is -1.85. The van der Waals surface area contributed by atoms with E-state index in [1.165, 1.54) is 25.3 Å². The lowest BCUT2D eigenvalue weighted by Crippen LogP contribution is -2.11. The lowest BCUT2D eigenvalue weighted by Gasteiger charge is -2.11. The monoisotopic (exact) mass is 258 g/mol. The maximum atomic E-state index is 12.1. The van der Waals surface area contributed by atoms with Crippen LogP contribution in [0.15, 0.2) is 18.2 Å². The molecule has 1 aromatic carbocycles. The van der Waals surface area contributed by atoms with Crippen LogP contribution in [0.5, 0.6) is 17.2 Å². The van der Waals surface area contributed by atoms with Crippen LogP contribution in [0, 0.1) is 5.92 Å². The van der Waals surface area contributed by atoms with E-state index in [2.05, 4.69) is 4.74 Å². The van der Waals surface area contributed by atoms with Crippen molar-refractivity contribution in [3.63, 3.8) is 0 Å². The highest BCUT2D eigenvalue weighted by molar-refractivity contribution is 5.78. The first kappa shape index (κ1) is 12.6. The van der Waals surface area contributed by atoms with Crippen LogP contribution >= 0.6 is 0 Å². The van der Waals surface area contributed by atoms with Crippen molar-refractivity contribution in [2.24, 2.45) is 5.92 Å². The van der Waals surface area contributed by atoms with Gasteiger partial charge in [-0.1, -0.05) is 0 Å². The van der Waals surface area contributed by atoms with E-state index < -0.39 is 6.61 Å². The fourth-order valence-corrected chi connectivity index (χ4v) is 1.42. The number of hydrogen-bond acceptors (Lipinski definition) is 4. The van der Waals surface area contributed by atoms with Gasteiger partial charge in [-0.05, 0) is 25.0 Å². The topological polar surface area (TPSA) is 44.8 Å². The zero-order chi connectivity index (χ0) is 13.1. The van der Waals surface area contributed by atoms with Gasteiger partial charge in [0.1, 0.15) is 5.75 Å². The van der Waals surface area contributed by atoms with Gasteiger partial charge in [0.25, 0.3) is 0 Å². The number of hydrogen-bond donors (Lipinski definition) is 0. The van der Waals surface area contributed by atoms with Gasteiger partial charge in [-0.3, -0.25) is 4.79 Å². The predicted octanol–water partition coefficient (Wildman–Crippen LogP) is 2.61. The van der Waals surface area contributed by atoms with Crippen LogP contribution in [0.2, 0.25) is 0 Å². The van der Waals surface area contributed by atoms with Crippen molar-refractivity contribution >= 4 is 5.97 Å². The molecule has 1 fully saturated rings. The van der Waals surface area contributed by atoms with E-state index in [1.807, 2.05) is 0 Å². The largest absolute Gasteiger partial charge is 0.493 e. The van der Waals surface area contributed by atoms with Crippen molar-refractivity contribution in [3.05, 3.63) is 18.2 Å². The van der Waals surface area contributed by atoms with Gasteiger partial charge in [0, 0.05) is 6.07 Å². The standard InChI is InChI=1S/C12H12F2O4/c1-16-9-5-4-8(17-12(13)14)6-10(9)18-11(15)7-2-3-7/h4-7,12H,2-3H2,1H3. The smallest absolute Gasteiger partial charge is 0.387 e. The third-order valence-electron chi connectivity index (χ3n) is 2.48. The predicted molar refractivity (Wildman–Crippen MR) is 58.0 cm³/mol. The molecule has 0 amide bonds. The zero-order valence-electron chi connectivity index (χ0n) is 9.69. The molecular formula is C12H12F2O4. The summed E-state index contributed by atoms with van der Waals surface area (Å²) < 4.78 is 38.5. The van der Waals surface area contributed by atoms with Gasteiger partial charge < -0.3 is 14.2 Å². The van der Waals surface area contributed by atoms with Crippen LogP contribution in [0.25, 0.3) is 0 Å². The van der Waals surface area contributed by atoms with Crippen molar-refractivity contribution in [2.45, 2.75) is 19.5 Å². The van der Waals surface area contributed by atoms with E-state index >= 15 is 0 Å². The highest BCUT2D eigenvalue weighted by atomic mass is 19.3. The number of halogens is 2. The quantitative estimate of drug-likeness (QED) is 0.601. The van der Waals surface area contributed by atoms with Gasteiger partial charge >= 0.3 is 12.6 Å². The summed E-state index contributed by atoms with van der Waals surface area (Å²) in [5.74, 6) is -0.153. The minimum Gasteiger partial charge on any atom is -0.493 e. The fourth-order valence-electron chi connectivity index (χ4n) is 1.42. The fraction of sp³-hybridized carbons (Fsp3) is 0.417. The highest BCUT2D eigenvalue weighted by Gasteiger charge is 2.32. The Morgan fingerprint density at radius 3 is 2.61 bits per heavy atom. The molecule has 18 heavy (non-hydrogen) atoms. The Morgan fingerprint density at radius 2 is 2.06 bits per heavy atom. The molecule has 2 rings (SSSR count). The second-order valence-electron chi connectivity index (χ2n) is 3.89.